The summed E-state index contributed by atoms with van der Waals surface area (Å²) in [6.07, 6.45) is 6.45. The first-order valence-electron chi connectivity index (χ1n) is 9.43. The van der Waals surface area contributed by atoms with Gasteiger partial charge in [-0.3, -0.25) is 4.90 Å². The molecule has 1 fully saturated rings. The third-order valence-electron chi connectivity index (χ3n) is 5.29. The molecule has 0 N–H and O–H groups in total. The van der Waals surface area contributed by atoms with E-state index >= 15 is 0 Å². The monoisotopic (exact) mass is 316 g/mol. The summed E-state index contributed by atoms with van der Waals surface area (Å²) in [5.74, 6) is 1.06. The van der Waals surface area contributed by atoms with Gasteiger partial charge in [0, 0.05) is 25.7 Å². The zero-order chi connectivity index (χ0) is 16.1. The molecule has 0 radical (unpaired) electrons. The Labute approximate surface area is 141 Å². The molecule has 0 atom stereocenters. The molecule has 1 aromatic carbocycles. The molecule has 23 heavy (non-hydrogen) atoms. The van der Waals surface area contributed by atoms with Crippen LogP contribution in [-0.4, -0.2) is 48.6 Å². The van der Waals surface area contributed by atoms with Crippen LogP contribution in [0.3, 0.4) is 0 Å². The molecule has 0 aromatic heterocycles. The van der Waals surface area contributed by atoms with E-state index < -0.39 is 0 Å². The van der Waals surface area contributed by atoms with Crippen molar-refractivity contribution in [3.05, 3.63) is 29.3 Å². The topological polar surface area (TPSA) is 15.7 Å². The molecule has 0 spiro atoms. The zero-order valence-electron chi connectivity index (χ0n) is 14.9. The summed E-state index contributed by atoms with van der Waals surface area (Å²) in [5.41, 5.74) is 2.96. The maximum absolute atomic E-state index is 6.00. The van der Waals surface area contributed by atoms with E-state index in [1.54, 1.807) is 0 Å². The van der Waals surface area contributed by atoms with Crippen molar-refractivity contribution in [2.75, 3.05) is 32.8 Å². The molecule has 1 aromatic rings. The minimum Gasteiger partial charge on any atom is -0.494 e. The van der Waals surface area contributed by atoms with Gasteiger partial charge in [-0.1, -0.05) is 12.5 Å². The molecule has 0 aliphatic carbocycles. The second-order valence-corrected chi connectivity index (χ2v) is 7.35. The fourth-order valence-electron chi connectivity index (χ4n) is 3.74. The average Bonchev–Trinajstić information content (AvgIpc) is 2.59. The van der Waals surface area contributed by atoms with Crippen LogP contribution in [0.4, 0.5) is 0 Å². The smallest absolute Gasteiger partial charge is 0.119 e. The standard InChI is InChI=1S/C20H32N2O/c1-17(2)22-13-9-18-15-20(8-7-19(18)16-22)23-14-6-12-21-10-4-3-5-11-21/h7-8,15,17H,3-6,9-14,16H2,1-2H3. The lowest BCUT2D eigenvalue weighted by atomic mass is 9.98. The Morgan fingerprint density at radius 3 is 2.65 bits per heavy atom. The van der Waals surface area contributed by atoms with E-state index in [0.29, 0.717) is 6.04 Å². The van der Waals surface area contributed by atoms with Crippen LogP contribution in [0.15, 0.2) is 18.2 Å². The molecular formula is C20H32N2O. The Kier molecular flexibility index (Phi) is 5.96. The molecule has 3 rings (SSSR count). The molecule has 0 bridgehead atoms. The summed E-state index contributed by atoms with van der Waals surface area (Å²) >= 11 is 0. The summed E-state index contributed by atoms with van der Waals surface area (Å²) in [6.45, 7) is 11.4. The predicted octanol–water partition coefficient (Wildman–Crippen LogP) is 3.71. The van der Waals surface area contributed by atoms with Crippen molar-refractivity contribution in [3.63, 3.8) is 0 Å². The number of ether oxygens (including phenoxy) is 1. The number of benzene rings is 1. The number of likely N-dealkylation sites (tertiary alicyclic amines) is 1. The highest BCUT2D eigenvalue weighted by atomic mass is 16.5. The van der Waals surface area contributed by atoms with Crippen LogP contribution in [0.2, 0.25) is 0 Å². The summed E-state index contributed by atoms with van der Waals surface area (Å²) in [5, 5.41) is 0. The largest absolute Gasteiger partial charge is 0.494 e. The summed E-state index contributed by atoms with van der Waals surface area (Å²) in [6, 6.07) is 7.33. The maximum atomic E-state index is 6.00. The second-order valence-electron chi connectivity index (χ2n) is 7.35. The van der Waals surface area contributed by atoms with Crippen molar-refractivity contribution in [3.8, 4) is 5.75 Å². The molecule has 2 aliphatic rings. The first kappa shape index (κ1) is 16.8. The maximum Gasteiger partial charge on any atom is 0.119 e. The van der Waals surface area contributed by atoms with Crippen LogP contribution in [0.1, 0.15) is 50.7 Å². The quantitative estimate of drug-likeness (QED) is 0.744. The molecule has 2 heterocycles. The number of hydrogen-bond acceptors (Lipinski definition) is 3. The number of fused-ring (bicyclic) bond motifs is 1. The summed E-state index contributed by atoms with van der Waals surface area (Å²) < 4.78 is 6.00. The normalized spacial score (nSPS) is 19.8. The predicted molar refractivity (Wildman–Crippen MR) is 96.1 cm³/mol. The molecule has 3 nitrogen and oxygen atoms in total. The lowest BCUT2D eigenvalue weighted by molar-refractivity contribution is 0.201. The van der Waals surface area contributed by atoms with E-state index in [1.807, 2.05) is 0 Å². The number of rotatable bonds is 6. The van der Waals surface area contributed by atoms with Crippen molar-refractivity contribution in [2.45, 2.75) is 58.5 Å². The van der Waals surface area contributed by atoms with E-state index in [4.69, 9.17) is 4.74 Å². The van der Waals surface area contributed by atoms with Gasteiger partial charge in [-0.05, 0) is 75.9 Å². The molecule has 2 aliphatic heterocycles. The van der Waals surface area contributed by atoms with E-state index in [-0.39, 0.29) is 0 Å². The molecule has 0 unspecified atom stereocenters. The first-order valence-corrected chi connectivity index (χ1v) is 9.43. The fourth-order valence-corrected chi connectivity index (χ4v) is 3.74. The summed E-state index contributed by atoms with van der Waals surface area (Å²) in [4.78, 5) is 5.13. The molecule has 3 heteroatoms. The molecule has 0 amide bonds. The van der Waals surface area contributed by atoms with Gasteiger partial charge in [0.1, 0.15) is 5.75 Å². The van der Waals surface area contributed by atoms with Crippen molar-refractivity contribution in [2.24, 2.45) is 0 Å². The van der Waals surface area contributed by atoms with Crippen LogP contribution in [0, 0.1) is 0 Å². The van der Waals surface area contributed by atoms with Crippen LogP contribution >= 0.6 is 0 Å². The Morgan fingerprint density at radius 1 is 1.04 bits per heavy atom. The van der Waals surface area contributed by atoms with Gasteiger partial charge in [-0.2, -0.15) is 0 Å². The number of nitrogens with zero attached hydrogens (tertiary/aromatic N) is 2. The highest BCUT2D eigenvalue weighted by Crippen LogP contribution is 2.25. The first-order chi connectivity index (χ1) is 11.2. The van der Waals surface area contributed by atoms with E-state index in [1.165, 1.54) is 56.6 Å². The Morgan fingerprint density at radius 2 is 1.87 bits per heavy atom. The minimum atomic E-state index is 0.633. The van der Waals surface area contributed by atoms with Crippen LogP contribution in [0.25, 0.3) is 0 Å². The number of hydrogen-bond donors (Lipinski definition) is 0. The van der Waals surface area contributed by atoms with Gasteiger partial charge < -0.3 is 9.64 Å². The Hall–Kier alpha value is -1.06. The van der Waals surface area contributed by atoms with Gasteiger partial charge in [-0.25, -0.2) is 0 Å². The van der Waals surface area contributed by atoms with Crippen molar-refractivity contribution >= 4 is 0 Å². The SMILES string of the molecule is CC(C)N1CCc2cc(OCCCN3CCCCC3)ccc2C1. The third-order valence-corrected chi connectivity index (χ3v) is 5.29. The number of piperidine rings is 1. The molecule has 128 valence electrons. The van der Waals surface area contributed by atoms with E-state index in [0.717, 1.165) is 31.7 Å². The van der Waals surface area contributed by atoms with E-state index in [9.17, 15) is 0 Å². The van der Waals surface area contributed by atoms with Gasteiger partial charge in [0.15, 0.2) is 0 Å². The van der Waals surface area contributed by atoms with Crippen LogP contribution in [0.5, 0.6) is 5.75 Å². The Bertz CT molecular complexity index is 494. The summed E-state index contributed by atoms with van der Waals surface area (Å²) in [7, 11) is 0. The highest BCUT2D eigenvalue weighted by molar-refractivity contribution is 5.37. The van der Waals surface area contributed by atoms with Gasteiger partial charge in [-0.15, -0.1) is 0 Å². The van der Waals surface area contributed by atoms with Crippen LogP contribution in [-0.2, 0) is 13.0 Å². The van der Waals surface area contributed by atoms with Crippen molar-refractivity contribution in [1.29, 1.82) is 0 Å². The van der Waals surface area contributed by atoms with E-state index in [2.05, 4.69) is 41.8 Å². The molecule has 1 saturated heterocycles. The van der Waals surface area contributed by atoms with Gasteiger partial charge in [0.2, 0.25) is 0 Å². The average molecular weight is 316 g/mol. The van der Waals surface area contributed by atoms with Crippen molar-refractivity contribution in [1.82, 2.24) is 9.80 Å². The minimum absolute atomic E-state index is 0.633. The zero-order valence-corrected chi connectivity index (χ0v) is 14.9. The lowest BCUT2D eigenvalue weighted by Crippen LogP contribution is -2.35. The van der Waals surface area contributed by atoms with Gasteiger partial charge in [0.05, 0.1) is 6.61 Å². The van der Waals surface area contributed by atoms with Crippen molar-refractivity contribution < 1.29 is 4.74 Å². The van der Waals surface area contributed by atoms with Crippen LogP contribution < -0.4 is 4.74 Å². The molecular weight excluding hydrogens is 284 g/mol. The lowest BCUT2D eigenvalue weighted by Gasteiger charge is -2.32. The second kappa shape index (κ2) is 8.16. The fraction of sp³-hybridized carbons (Fsp3) is 0.700. The Balaban J connectivity index is 1.44. The molecule has 0 saturated carbocycles. The van der Waals surface area contributed by atoms with Gasteiger partial charge in [0.25, 0.3) is 0 Å². The third kappa shape index (κ3) is 4.71. The highest BCUT2D eigenvalue weighted by Gasteiger charge is 2.18. The van der Waals surface area contributed by atoms with Gasteiger partial charge >= 0.3 is 0 Å².